The largest absolute Gasteiger partial charge is 0.282 e. The van der Waals surface area contributed by atoms with Crippen LogP contribution in [0.3, 0.4) is 0 Å². The van der Waals surface area contributed by atoms with Gasteiger partial charge in [0.1, 0.15) is 0 Å². The molecule has 0 bridgehead atoms. The van der Waals surface area contributed by atoms with Crippen LogP contribution < -0.4 is 0 Å². The quantitative estimate of drug-likeness (QED) is 0.764. The summed E-state index contributed by atoms with van der Waals surface area (Å²) in [5.41, 5.74) is 3.52. The van der Waals surface area contributed by atoms with Crippen molar-refractivity contribution in [3.63, 3.8) is 0 Å². The van der Waals surface area contributed by atoms with E-state index in [-0.39, 0.29) is 0 Å². The monoisotopic (exact) mass is 373 g/mol. The molecule has 5 nitrogen and oxygen atoms in total. The molecule has 1 aliphatic heterocycles. The molecule has 0 spiro atoms. The Morgan fingerprint density at radius 2 is 1.88 bits per heavy atom. The minimum atomic E-state index is -3.52. The lowest BCUT2D eigenvalue weighted by molar-refractivity contribution is 0.390. The Morgan fingerprint density at radius 3 is 2.64 bits per heavy atom. The highest BCUT2D eigenvalue weighted by atomic mass is 35.5. The van der Waals surface area contributed by atoms with Crippen LogP contribution in [0.4, 0.5) is 0 Å². The first kappa shape index (κ1) is 16.3. The number of hydrogen-bond donors (Lipinski definition) is 1. The summed E-state index contributed by atoms with van der Waals surface area (Å²) in [6.07, 6.45) is 0.606. The minimum Gasteiger partial charge on any atom is -0.282 e. The molecule has 4 rings (SSSR count). The molecule has 3 aromatic rings. The second kappa shape index (κ2) is 6.29. The minimum absolute atomic E-state index is 0.297. The smallest absolute Gasteiger partial charge is 0.243 e. The van der Waals surface area contributed by atoms with Gasteiger partial charge in [0.05, 0.1) is 10.6 Å². The van der Waals surface area contributed by atoms with Gasteiger partial charge < -0.3 is 0 Å². The lowest BCUT2D eigenvalue weighted by atomic mass is 10.0. The first-order valence-electron chi connectivity index (χ1n) is 7.93. The van der Waals surface area contributed by atoms with E-state index in [9.17, 15) is 8.42 Å². The molecule has 1 aromatic heterocycles. The van der Waals surface area contributed by atoms with Gasteiger partial charge in [-0.15, -0.1) is 0 Å². The van der Waals surface area contributed by atoms with Crippen LogP contribution in [0.1, 0.15) is 11.3 Å². The topological polar surface area (TPSA) is 66.1 Å². The molecule has 0 aliphatic carbocycles. The Kier molecular flexibility index (Phi) is 4.11. The second-order valence-electron chi connectivity index (χ2n) is 5.94. The van der Waals surface area contributed by atoms with Crippen molar-refractivity contribution in [1.82, 2.24) is 14.5 Å². The van der Waals surface area contributed by atoms with Crippen LogP contribution >= 0.6 is 11.6 Å². The lowest BCUT2D eigenvalue weighted by Gasteiger charge is -2.26. The van der Waals surface area contributed by atoms with Gasteiger partial charge in [-0.3, -0.25) is 5.10 Å². The van der Waals surface area contributed by atoms with Crippen LogP contribution in [-0.2, 0) is 23.0 Å². The molecular weight excluding hydrogens is 358 g/mol. The van der Waals surface area contributed by atoms with Gasteiger partial charge in [-0.2, -0.15) is 9.40 Å². The Balaban J connectivity index is 1.71. The molecule has 0 saturated carbocycles. The molecule has 0 fully saturated rings. The molecule has 0 radical (unpaired) electrons. The third-order valence-electron chi connectivity index (χ3n) is 4.38. The van der Waals surface area contributed by atoms with Crippen molar-refractivity contribution in [3.8, 4) is 11.3 Å². The Morgan fingerprint density at radius 1 is 1.08 bits per heavy atom. The summed E-state index contributed by atoms with van der Waals surface area (Å²) >= 11 is 6.08. The van der Waals surface area contributed by atoms with Gasteiger partial charge in [0.2, 0.25) is 10.0 Å². The molecule has 25 heavy (non-hydrogen) atoms. The second-order valence-corrected chi connectivity index (χ2v) is 8.32. The highest BCUT2D eigenvalue weighted by Gasteiger charge is 2.31. The van der Waals surface area contributed by atoms with Crippen LogP contribution in [0.2, 0.25) is 5.02 Å². The van der Waals surface area contributed by atoms with Gasteiger partial charge in [-0.25, -0.2) is 8.42 Å². The number of aromatic nitrogens is 2. The van der Waals surface area contributed by atoms with Gasteiger partial charge >= 0.3 is 0 Å². The molecule has 0 saturated heterocycles. The fraction of sp³-hybridized carbons (Fsp3) is 0.167. The van der Waals surface area contributed by atoms with Crippen molar-refractivity contribution >= 4 is 21.6 Å². The van der Waals surface area contributed by atoms with Crippen molar-refractivity contribution in [3.05, 3.63) is 70.9 Å². The first-order valence-corrected chi connectivity index (χ1v) is 9.75. The van der Waals surface area contributed by atoms with Crippen LogP contribution in [-0.4, -0.2) is 29.5 Å². The number of benzene rings is 2. The standard InChI is InChI=1S/C18H16ClN3O2S/c19-14-6-4-5-13(11-14)18-16-12-22(10-9-17(16)20-21-18)25(23,24)15-7-2-1-3-8-15/h1-8,11H,9-10,12H2,(H,20,21). The normalized spacial score (nSPS) is 15.1. The van der Waals surface area contributed by atoms with E-state index in [1.54, 1.807) is 36.4 Å². The fourth-order valence-electron chi connectivity index (χ4n) is 3.09. The zero-order chi connectivity index (χ0) is 17.4. The maximum atomic E-state index is 12.9. The predicted octanol–water partition coefficient (Wildman–Crippen LogP) is 3.48. The maximum Gasteiger partial charge on any atom is 0.243 e. The number of sulfonamides is 1. The fourth-order valence-corrected chi connectivity index (χ4v) is 4.71. The predicted molar refractivity (Wildman–Crippen MR) is 96.8 cm³/mol. The van der Waals surface area contributed by atoms with Crippen molar-refractivity contribution in [2.45, 2.75) is 17.9 Å². The van der Waals surface area contributed by atoms with Crippen molar-refractivity contribution in [2.24, 2.45) is 0 Å². The number of H-pyrrole nitrogens is 1. The van der Waals surface area contributed by atoms with Gasteiger partial charge in [0.15, 0.2) is 0 Å². The van der Waals surface area contributed by atoms with E-state index in [1.165, 1.54) is 4.31 Å². The molecular formula is C18H16ClN3O2S. The average molecular weight is 374 g/mol. The van der Waals surface area contributed by atoms with Gasteiger partial charge in [0, 0.05) is 41.4 Å². The third kappa shape index (κ3) is 2.97. The van der Waals surface area contributed by atoms with Gasteiger partial charge in [0.25, 0.3) is 0 Å². The zero-order valence-electron chi connectivity index (χ0n) is 13.3. The van der Waals surface area contributed by atoms with Crippen LogP contribution in [0.25, 0.3) is 11.3 Å². The third-order valence-corrected chi connectivity index (χ3v) is 6.47. The van der Waals surface area contributed by atoms with Crippen LogP contribution in [0.15, 0.2) is 59.5 Å². The zero-order valence-corrected chi connectivity index (χ0v) is 14.9. The van der Waals surface area contributed by atoms with Gasteiger partial charge in [-0.1, -0.05) is 41.9 Å². The summed E-state index contributed by atoms with van der Waals surface area (Å²) in [6, 6.07) is 15.9. The molecule has 0 atom stereocenters. The van der Waals surface area contributed by atoms with Crippen molar-refractivity contribution < 1.29 is 8.42 Å². The lowest BCUT2D eigenvalue weighted by Crippen LogP contribution is -2.35. The van der Waals surface area contributed by atoms with E-state index in [4.69, 9.17) is 11.6 Å². The van der Waals surface area contributed by atoms with E-state index < -0.39 is 10.0 Å². The summed E-state index contributed by atoms with van der Waals surface area (Å²) < 4.78 is 27.3. The molecule has 7 heteroatoms. The number of hydrogen-bond acceptors (Lipinski definition) is 3. The average Bonchev–Trinajstić information content (AvgIpc) is 3.05. The number of rotatable bonds is 3. The molecule has 2 aromatic carbocycles. The molecule has 128 valence electrons. The number of fused-ring (bicyclic) bond motifs is 1. The summed E-state index contributed by atoms with van der Waals surface area (Å²) in [7, 11) is -3.52. The number of aromatic amines is 1. The Labute approximate surface area is 151 Å². The molecule has 0 unspecified atom stereocenters. The van der Waals surface area contributed by atoms with Crippen LogP contribution in [0.5, 0.6) is 0 Å². The van der Waals surface area contributed by atoms with E-state index in [0.29, 0.717) is 29.4 Å². The van der Waals surface area contributed by atoms with Crippen LogP contribution in [0, 0.1) is 0 Å². The Hall–Kier alpha value is -2.15. The highest BCUT2D eigenvalue weighted by Crippen LogP contribution is 2.31. The summed E-state index contributed by atoms with van der Waals surface area (Å²) in [5, 5.41) is 8.06. The first-order chi connectivity index (χ1) is 12.1. The van der Waals surface area contributed by atoms with Crippen molar-refractivity contribution in [2.75, 3.05) is 6.54 Å². The Bertz CT molecular complexity index is 1020. The molecule has 1 aliphatic rings. The number of nitrogens with zero attached hydrogens (tertiary/aromatic N) is 2. The van der Waals surface area contributed by atoms with E-state index in [1.807, 2.05) is 18.2 Å². The SMILES string of the molecule is O=S(=O)(c1ccccc1)N1CCc2[nH]nc(-c3cccc(Cl)c3)c2C1. The summed E-state index contributed by atoms with van der Waals surface area (Å²) in [4.78, 5) is 0.311. The van der Waals surface area contributed by atoms with E-state index in [2.05, 4.69) is 10.2 Å². The summed E-state index contributed by atoms with van der Waals surface area (Å²) in [5.74, 6) is 0. The molecule has 2 heterocycles. The van der Waals surface area contributed by atoms with Gasteiger partial charge in [-0.05, 0) is 24.3 Å². The van der Waals surface area contributed by atoms with E-state index >= 15 is 0 Å². The maximum absolute atomic E-state index is 12.9. The number of halogens is 1. The number of nitrogens with one attached hydrogen (secondary N) is 1. The highest BCUT2D eigenvalue weighted by molar-refractivity contribution is 7.89. The van der Waals surface area contributed by atoms with Crippen molar-refractivity contribution in [1.29, 1.82) is 0 Å². The molecule has 0 amide bonds. The van der Waals surface area contributed by atoms with E-state index in [0.717, 1.165) is 22.5 Å². The molecule has 1 N–H and O–H groups in total. The summed E-state index contributed by atoms with van der Waals surface area (Å²) in [6.45, 7) is 0.728.